The summed E-state index contributed by atoms with van der Waals surface area (Å²) < 4.78 is 12.2. The van der Waals surface area contributed by atoms with E-state index in [0.29, 0.717) is 11.5 Å². The molecule has 6 heteroatoms. The van der Waals surface area contributed by atoms with Crippen LogP contribution in [-0.4, -0.2) is 34.1 Å². The summed E-state index contributed by atoms with van der Waals surface area (Å²) in [6.07, 6.45) is 1.74. The Hall–Kier alpha value is -2.76. The fourth-order valence-corrected chi connectivity index (χ4v) is 2.59. The maximum Gasteiger partial charge on any atom is 0.200 e. The number of phenolic OH excluding ortho intramolecular Hbond substituents is 1. The van der Waals surface area contributed by atoms with Crippen LogP contribution in [0.5, 0.6) is 17.2 Å². The Morgan fingerprint density at radius 1 is 1.09 bits per heavy atom. The predicted molar refractivity (Wildman–Crippen MR) is 83.5 cm³/mol. The van der Waals surface area contributed by atoms with E-state index in [4.69, 9.17) is 9.47 Å². The highest BCUT2D eigenvalue weighted by molar-refractivity contribution is 5.82. The molecule has 0 unspecified atom stereocenters. The number of hydrogen-bond donors (Lipinski definition) is 1. The molecule has 2 aromatic heterocycles. The van der Waals surface area contributed by atoms with Crippen molar-refractivity contribution in [3.8, 4) is 28.5 Å². The van der Waals surface area contributed by atoms with E-state index in [1.54, 1.807) is 23.0 Å². The third kappa shape index (κ3) is 2.13. The van der Waals surface area contributed by atoms with Crippen molar-refractivity contribution < 1.29 is 14.6 Å². The minimum Gasteiger partial charge on any atom is -0.502 e. The summed E-state index contributed by atoms with van der Waals surface area (Å²) in [7, 11) is 4.89. The van der Waals surface area contributed by atoms with E-state index in [9.17, 15) is 5.11 Å². The molecule has 0 radical (unpaired) electrons. The van der Waals surface area contributed by atoms with Crippen molar-refractivity contribution in [2.24, 2.45) is 7.05 Å². The van der Waals surface area contributed by atoms with E-state index < -0.39 is 0 Å². The van der Waals surface area contributed by atoms with E-state index in [1.807, 2.05) is 20.0 Å². The Kier molecular flexibility index (Phi) is 3.36. The molecular weight excluding hydrogens is 282 g/mol. The molecule has 2 heterocycles. The summed E-state index contributed by atoms with van der Waals surface area (Å²) >= 11 is 0. The third-order valence-electron chi connectivity index (χ3n) is 3.66. The lowest BCUT2D eigenvalue weighted by Gasteiger charge is -2.11. The van der Waals surface area contributed by atoms with Crippen molar-refractivity contribution in [2.45, 2.75) is 6.92 Å². The van der Waals surface area contributed by atoms with Crippen molar-refractivity contribution in [2.75, 3.05) is 14.2 Å². The van der Waals surface area contributed by atoms with Gasteiger partial charge in [0.1, 0.15) is 5.52 Å². The largest absolute Gasteiger partial charge is 0.502 e. The number of nitrogens with zero attached hydrogens (tertiary/aromatic N) is 3. The molecule has 0 aliphatic heterocycles. The van der Waals surface area contributed by atoms with Crippen molar-refractivity contribution in [1.82, 2.24) is 14.8 Å². The van der Waals surface area contributed by atoms with Crippen LogP contribution in [0.25, 0.3) is 22.3 Å². The first-order chi connectivity index (χ1) is 10.5. The van der Waals surface area contributed by atoms with Gasteiger partial charge in [-0.3, -0.25) is 4.68 Å². The number of rotatable bonds is 3. The molecule has 0 amide bonds. The zero-order valence-electron chi connectivity index (χ0n) is 12.9. The van der Waals surface area contributed by atoms with Crippen LogP contribution in [0.2, 0.25) is 0 Å². The minimum absolute atomic E-state index is 0.0204. The molecule has 0 bridgehead atoms. The van der Waals surface area contributed by atoms with E-state index >= 15 is 0 Å². The molecule has 0 spiro atoms. The van der Waals surface area contributed by atoms with E-state index in [-0.39, 0.29) is 5.75 Å². The smallest absolute Gasteiger partial charge is 0.200 e. The lowest BCUT2D eigenvalue weighted by molar-refractivity contribution is 0.340. The highest BCUT2D eigenvalue weighted by Crippen LogP contribution is 2.40. The fraction of sp³-hybridized carbons (Fsp3) is 0.250. The maximum absolute atomic E-state index is 10.0. The zero-order chi connectivity index (χ0) is 15.9. The Morgan fingerprint density at radius 2 is 1.73 bits per heavy atom. The van der Waals surface area contributed by atoms with Crippen LogP contribution in [0.15, 0.2) is 24.4 Å². The number of fused-ring (bicyclic) bond motifs is 1. The van der Waals surface area contributed by atoms with Crippen molar-refractivity contribution >= 4 is 11.0 Å². The molecule has 1 N–H and O–H groups in total. The number of hydrogen-bond acceptors (Lipinski definition) is 5. The van der Waals surface area contributed by atoms with Gasteiger partial charge in [-0.05, 0) is 30.7 Å². The van der Waals surface area contributed by atoms with Gasteiger partial charge >= 0.3 is 0 Å². The predicted octanol–water partition coefficient (Wildman–Crippen LogP) is 2.67. The van der Waals surface area contributed by atoms with Crippen LogP contribution in [0.1, 0.15) is 5.56 Å². The van der Waals surface area contributed by atoms with Gasteiger partial charge in [0, 0.05) is 12.6 Å². The average Bonchev–Trinajstić information content (AvgIpc) is 2.89. The van der Waals surface area contributed by atoms with Gasteiger partial charge in [-0.1, -0.05) is 0 Å². The van der Waals surface area contributed by atoms with E-state index in [1.165, 1.54) is 14.2 Å². The second kappa shape index (κ2) is 5.22. The second-order valence-electron chi connectivity index (χ2n) is 5.06. The molecule has 3 rings (SSSR count). The summed E-state index contributed by atoms with van der Waals surface area (Å²) in [5.74, 6) is 0.674. The summed E-state index contributed by atoms with van der Waals surface area (Å²) in [5.41, 5.74) is 4.48. The number of aromatic hydroxyl groups is 1. The van der Waals surface area contributed by atoms with Crippen LogP contribution >= 0.6 is 0 Å². The molecule has 0 atom stereocenters. The lowest BCUT2D eigenvalue weighted by Crippen LogP contribution is -1.95. The second-order valence-corrected chi connectivity index (χ2v) is 5.06. The van der Waals surface area contributed by atoms with Crippen LogP contribution in [0.3, 0.4) is 0 Å². The molecule has 22 heavy (non-hydrogen) atoms. The summed E-state index contributed by atoms with van der Waals surface area (Å²) in [6, 6.07) is 5.46. The van der Waals surface area contributed by atoms with Gasteiger partial charge in [0.2, 0.25) is 5.75 Å². The number of pyridine rings is 1. The van der Waals surface area contributed by atoms with Gasteiger partial charge in [0.15, 0.2) is 11.5 Å². The molecule has 0 aliphatic carbocycles. The van der Waals surface area contributed by atoms with Crippen LogP contribution in [0.4, 0.5) is 0 Å². The Morgan fingerprint density at radius 3 is 2.32 bits per heavy atom. The number of aromatic nitrogens is 3. The lowest BCUT2D eigenvalue weighted by atomic mass is 10.1. The van der Waals surface area contributed by atoms with Gasteiger partial charge in [0.25, 0.3) is 0 Å². The summed E-state index contributed by atoms with van der Waals surface area (Å²) in [4.78, 5) is 4.63. The highest BCUT2D eigenvalue weighted by Gasteiger charge is 2.15. The topological polar surface area (TPSA) is 69.4 Å². The fourth-order valence-electron chi connectivity index (χ4n) is 2.59. The van der Waals surface area contributed by atoms with Crippen molar-refractivity contribution in [3.63, 3.8) is 0 Å². The first kappa shape index (κ1) is 14.2. The minimum atomic E-state index is -0.0204. The zero-order valence-corrected chi connectivity index (χ0v) is 12.9. The summed E-state index contributed by atoms with van der Waals surface area (Å²) in [6.45, 7) is 2.02. The average molecular weight is 299 g/mol. The third-order valence-corrected chi connectivity index (χ3v) is 3.66. The number of methoxy groups -OCH3 is 2. The number of phenols is 1. The first-order valence-corrected chi connectivity index (χ1v) is 6.80. The van der Waals surface area contributed by atoms with Crippen LogP contribution < -0.4 is 9.47 Å². The Balaban J connectivity index is 2.23. The SMILES string of the molecule is COc1cc(-c2cc(C)c3c(cnn3C)n2)cc(OC)c1O. The molecular formula is C16H17N3O3. The van der Waals surface area contributed by atoms with Gasteiger partial charge in [0.05, 0.1) is 31.6 Å². The molecule has 0 fully saturated rings. The van der Waals surface area contributed by atoms with Crippen molar-refractivity contribution in [1.29, 1.82) is 0 Å². The van der Waals surface area contributed by atoms with Gasteiger partial charge in [-0.15, -0.1) is 0 Å². The Labute approximate surface area is 127 Å². The summed E-state index contributed by atoms with van der Waals surface area (Å²) in [5, 5.41) is 14.2. The standard InChI is InChI=1S/C16H17N3O3/c1-9-5-11(18-12-8-17-19(2)15(9)12)10-6-13(21-3)16(20)14(7-10)22-4/h5-8,20H,1-4H3. The van der Waals surface area contributed by atoms with E-state index in [0.717, 1.165) is 27.9 Å². The molecule has 3 aromatic rings. The molecule has 1 aromatic carbocycles. The first-order valence-electron chi connectivity index (χ1n) is 6.80. The Bertz CT molecular complexity index is 830. The highest BCUT2D eigenvalue weighted by atomic mass is 16.5. The van der Waals surface area contributed by atoms with Gasteiger partial charge in [-0.2, -0.15) is 5.10 Å². The molecule has 0 saturated heterocycles. The molecule has 114 valence electrons. The number of ether oxygens (including phenoxy) is 2. The normalized spacial score (nSPS) is 10.9. The molecule has 0 aliphatic rings. The van der Waals surface area contributed by atoms with Crippen LogP contribution in [-0.2, 0) is 7.05 Å². The maximum atomic E-state index is 10.0. The number of benzene rings is 1. The van der Waals surface area contributed by atoms with Gasteiger partial charge in [-0.25, -0.2) is 4.98 Å². The monoisotopic (exact) mass is 299 g/mol. The quantitative estimate of drug-likeness (QED) is 0.805. The molecule has 6 nitrogen and oxygen atoms in total. The van der Waals surface area contributed by atoms with Gasteiger partial charge < -0.3 is 14.6 Å². The van der Waals surface area contributed by atoms with Crippen LogP contribution in [0, 0.1) is 6.92 Å². The van der Waals surface area contributed by atoms with E-state index in [2.05, 4.69) is 10.1 Å². The number of aryl methyl sites for hydroxylation is 2. The molecule has 0 saturated carbocycles. The van der Waals surface area contributed by atoms with Crippen molar-refractivity contribution in [3.05, 3.63) is 30.0 Å².